The smallest absolute Gasteiger partial charge is 0.330 e. The zero-order valence-corrected chi connectivity index (χ0v) is 17.2. The van der Waals surface area contributed by atoms with E-state index in [1.54, 1.807) is 25.1 Å². The molecule has 1 amide bonds. The van der Waals surface area contributed by atoms with Crippen LogP contribution in [0, 0.1) is 0 Å². The number of hydrogen-bond acceptors (Lipinski definition) is 5. The van der Waals surface area contributed by atoms with Crippen molar-refractivity contribution in [1.29, 1.82) is 0 Å². The summed E-state index contributed by atoms with van der Waals surface area (Å²) < 4.78 is 7.01. The summed E-state index contributed by atoms with van der Waals surface area (Å²) in [6, 6.07) is 4.99. The third-order valence-corrected chi connectivity index (χ3v) is 5.54. The minimum Gasteiger partial charge on any atom is -0.390 e. The predicted octanol–water partition coefficient (Wildman–Crippen LogP) is 1.41. The number of aliphatic hydroxyl groups excluding tert-OH is 1. The predicted molar refractivity (Wildman–Crippen MR) is 108 cm³/mol. The third kappa shape index (κ3) is 4.90. The van der Waals surface area contributed by atoms with Gasteiger partial charge in [-0.3, -0.25) is 19.1 Å². The fourth-order valence-corrected chi connectivity index (χ4v) is 3.73. The molecule has 1 fully saturated rings. The Bertz CT molecular complexity index is 999. The van der Waals surface area contributed by atoms with Gasteiger partial charge in [0.1, 0.15) is 12.3 Å². The molecule has 0 spiro atoms. The van der Waals surface area contributed by atoms with Crippen molar-refractivity contribution in [2.75, 3.05) is 6.54 Å². The number of benzene rings is 1. The third-order valence-electron chi connectivity index (χ3n) is 4.84. The number of carbonyl (C=O) groups excluding carboxylic acids is 1. The zero-order chi connectivity index (χ0) is 21.1. The number of ether oxygens (including phenoxy) is 1. The largest absolute Gasteiger partial charge is 0.390 e. The van der Waals surface area contributed by atoms with Crippen LogP contribution < -0.4 is 16.6 Å². The minimum atomic E-state index is -0.881. The van der Waals surface area contributed by atoms with Gasteiger partial charge in [-0.2, -0.15) is 0 Å². The van der Waals surface area contributed by atoms with Gasteiger partial charge in [0.15, 0.2) is 0 Å². The fraction of sp³-hybridized carbons (Fsp3) is 0.421. The van der Waals surface area contributed by atoms with Crippen LogP contribution >= 0.6 is 23.2 Å². The highest BCUT2D eigenvalue weighted by Crippen LogP contribution is 2.28. The van der Waals surface area contributed by atoms with E-state index in [1.165, 1.54) is 10.8 Å². The van der Waals surface area contributed by atoms with Gasteiger partial charge >= 0.3 is 5.69 Å². The number of halogens is 2. The normalized spacial score (nSPS) is 21.3. The molecule has 3 atom stereocenters. The molecule has 0 bridgehead atoms. The van der Waals surface area contributed by atoms with E-state index in [9.17, 15) is 19.5 Å². The Labute approximate surface area is 176 Å². The van der Waals surface area contributed by atoms with E-state index in [0.717, 1.165) is 0 Å². The summed E-state index contributed by atoms with van der Waals surface area (Å²) in [4.78, 5) is 38.3. The molecule has 0 radical (unpaired) electrons. The molecular formula is C19H21Cl2N3O5. The maximum atomic E-state index is 12.2. The van der Waals surface area contributed by atoms with Gasteiger partial charge in [-0.25, -0.2) is 4.79 Å². The Balaban J connectivity index is 1.63. The molecule has 2 aromatic rings. The van der Waals surface area contributed by atoms with Gasteiger partial charge in [0.05, 0.1) is 12.5 Å². The first-order chi connectivity index (χ1) is 13.8. The van der Waals surface area contributed by atoms with Crippen molar-refractivity contribution in [2.45, 2.75) is 44.6 Å². The molecule has 3 N–H and O–H groups in total. The molecule has 10 heteroatoms. The monoisotopic (exact) mass is 441 g/mol. The molecule has 2 heterocycles. The maximum Gasteiger partial charge on any atom is 0.330 e. The summed E-state index contributed by atoms with van der Waals surface area (Å²) >= 11 is 12.1. The van der Waals surface area contributed by atoms with Crippen LogP contribution in [0.4, 0.5) is 0 Å². The lowest BCUT2D eigenvalue weighted by molar-refractivity contribution is -0.121. The van der Waals surface area contributed by atoms with Crippen LogP contribution in [-0.2, 0) is 22.4 Å². The van der Waals surface area contributed by atoms with E-state index in [4.69, 9.17) is 27.9 Å². The Morgan fingerprint density at radius 1 is 1.34 bits per heavy atom. The Kier molecular flexibility index (Phi) is 6.79. The summed E-state index contributed by atoms with van der Waals surface area (Å²) in [6.07, 6.45) is -0.272. The number of H-pyrrole nitrogens is 1. The molecule has 1 aromatic carbocycles. The highest BCUT2D eigenvalue weighted by molar-refractivity contribution is 6.36. The number of carbonyl (C=O) groups is 1. The molecule has 1 aliphatic rings. The summed E-state index contributed by atoms with van der Waals surface area (Å²) in [5.41, 5.74) is -0.0844. The number of rotatable bonds is 6. The first-order valence-corrected chi connectivity index (χ1v) is 9.93. The number of aryl methyl sites for hydroxylation is 1. The minimum absolute atomic E-state index is 0.00993. The summed E-state index contributed by atoms with van der Waals surface area (Å²) in [5.74, 6) is -0.325. The van der Waals surface area contributed by atoms with E-state index in [0.29, 0.717) is 27.6 Å². The molecule has 156 valence electrons. The molecule has 3 rings (SSSR count). The molecule has 1 unspecified atom stereocenters. The SMILES string of the molecule is CCc1cn([C@@H]2CC(O)[C@H](CNC(=O)Cc3c(Cl)cccc3Cl)O2)c(=O)[nH]c1=O. The number of amides is 1. The number of aromatic amines is 1. The van der Waals surface area contributed by atoms with Crippen molar-refractivity contribution in [3.63, 3.8) is 0 Å². The molecule has 0 saturated carbocycles. The Morgan fingerprint density at radius 2 is 2.03 bits per heavy atom. The van der Waals surface area contributed by atoms with Gasteiger partial charge in [-0.15, -0.1) is 0 Å². The number of nitrogens with one attached hydrogen (secondary N) is 2. The van der Waals surface area contributed by atoms with E-state index in [1.807, 2.05) is 0 Å². The number of hydrogen-bond donors (Lipinski definition) is 3. The summed E-state index contributed by atoms with van der Waals surface area (Å²) in [5, 5.41) is 13.8. The first kappa shape index (κ1) is 21.6. The van der Waals surface area contributed by atoms with Gasteiger partial charge in [-0.1, -0.05) is 36.2 Å². The Hall–Kier alpha value is -2.13. The molecule has 1 aliphatic heterocycles. The van der Waals surface area contributed by atoms with Crippen molar-refractivity contribution in [3.05, 3.63) is 66.4 Å². The zero-order valence-electron chi connectivity index (χ0n) is 15.7. The lowest BCUT2D eigenvalue weighted by atomic mass is 10.1. The van der Waals surface area contributed by atoms with E-state index in [2.05, 4.69) is 10.3 Å². The van der Waals surface area contributed by atoms with E-state index < -0.39 is 29.7 Å². The first-order valence-electron chi connectivity index (χ1n) is 9.17. The summed E-state index contributed by atoms with van der Waals surface area (Å²) in [7, 11) is 0. The molecule has 1 aromatic heterocycles. The number of aliphatic hydroxyl groups is 1. The second kappa shape index (κ2) is 9.13. The van der Waals surface area contributed by atoms with Gasteiger partial charge in [0, 0.05) is 34.8 Å². The highest BCUT2D eigenvalue weighted by atomic mass is 35.5. The Morgan fingerprint density at radius 3 is 2.69 bits per heavy atom. The van der Waals surface area contributed by atoms with Crippen molar-refractivity contribution in [3.8, 4) is 0 Å². The van der Waals surface area contributed by atoms with Crippen LogP contribution in [-0.4, -0.2) is 39.3 Å². The lowest BCUT2D eigenvalue weighted by Crippen LogP contribution is -2.38. The van der Waals surface area contributed by atoms with Crippen LogP contribution in [0.2, 0.25) is 10.0 Å². The standard InChI is InChI=1S/C19H21Cl2N3O5/c1-2-10-9-24(19(28)23-18(10)27)17-7-14(25)15(29-17)8-22-16(26)6-11-12(20)4-3-5-13(11)21/h3-5,9,14-15,17,25H,2,6-8H2,1H3,(H,22,26)(H,23,27,28)/t14?,15-,17-/m0/s1. The number of aromatic nitrogens is 2. The average molecular weight is 442 g/mol. The van der Waals surface area contributed by atoms with Gasteiger partial charge in [0.2, 0.25) is 5.91 Å². The summed E-state index contributed by atoms with van der Waals surface area (Å²) in [6.45, 7) is 1.85. The molecule has 1 saturated heterocycles. The molecule has 0 aliphatic carbocycles. The van der Waals surface area contributed by atoms with E-state index in [-0.39, 0.29) is 25.3 Å². The van der Waals surface area contributed by atoms with Crippen LogP contribution in [0.5, 0.6) is 0 Å². The van der Waals surface area contributed by atoms with E-state index >= 15 is 0 Å². The van der Waals surface area contributed by atoms with Crippen molar-refractivity contribution in [1.82, 2.24) is 14.9 Å². The van der Waals surface area contributed by atoms with Crippen molar-refractivity contribution >= 4 is 29.1 Å². The fourth-order valence-electron chi connectivity index (χ4n) is 3.20. The van der Waals surface area contributed by atoms with Crippen molar-refractivity contribution in [2.24, 2.45) is 0 Å². The second-order valence-corrected chi connectivity index (χ2v) is 7.60. The van der Waals surface area contributed by atoms with Crippen LogP contribution in [0.1, 0.15) is 30.7 Å². The molecule has 29 heavy (non-hydrogen) atoms. The van der Waals surface area contributed by atoms with Gasteiger partial charge in [-0.05, 0) is 24.1 Å². The van der Waals surface area contributed by atoms with Gasteiger partial charge in [0.25, 0.3) is 5.56 Å². The highest BCUT2D eigenvalue weighted by Gasteiger charge is 2.35. The molecular weight excluding hydrogens is 421 g/mol. The van der Waals surface area contributed by atoms with Crippen molar-refractivity contribution < 1.29 is 14.6 Å². The quantitative estimate of drug-likeness (QED) is 0.626. The lowest BCUT2D eigenvalue weighted by Gasteiger charge is -2.17. The van der Waals surface area contributed by atoms with Crippen LogP contribution in [0.3, 0.4) is 0 Å². The van der Waals surface area contributed by atoms with Crippen LogP contribution in [0.15, 0.2) is 34.0 Å². The average Bonchev–Trinajstić information content (AvgIpc) is 3.03. The maximum absolute atomic E-state index is 12.2. The number of nitrogens with zero attached hydrogens (tertiary/aromatic N) is 1. The van der Waals surface area contributed by atoms with Crippen LogP contribution in [0.25, 0.3) is 0 Å². The second-order valence-electron chi connectivity index (χ2n) is 6.79. The topological polar surface area (TPSA) is 113 Å². The van der Waals surface area contributed by atoms with Gasteiger partial charge < -0.3 is 15.2 Å². The molecule has 8 nitrogen and oxygen atoms in total.